The van der Waals surface area contributed by atoms with Crippen molar-refractivity contribution in [3.63, 3.8) is 0 Å². The van der Waals surface area contributed by atoms with Crippen molar-refractivity contribution in [2.24, 2.45) is 5.16 Å². The van der Waals surface area contributed by atoms with E-state index in [0.29, 0.717) is 23.3 Å². The Morgan fingerprint density at radius 2 is 2.11 bits per heavy atom. The number of nitrogens with zero attached hydrogens (tertiary/aromatic N) is 1. The first-order chi connectivity index (χ1) is 9.11. The lowest BCUT2D eigenvalue weighted by Gasteiger charge is -2.03. The SMILES string of the molecule is CCC(=NOC(C)=O)c1cc2ccccc2oc1=O. The molecule has 1 aromatic heterocycles. The summed E-state index contributed by atoms with van der Waals surface area (Å²) in [6, 6.07) is 8.88. The van der Waals surface area contributed by atoms with Crippen LogP contribution in [-0.2, 0) is 9.63 Å². The molecule has 0 aliphatic carbocycles. The fourth-order valence-electron chi connectivity index (χ4n) is 1.69. The number of hydrogen-bond donors (Lipinski definition) is 0. The fraction of sp³-hybridized carbons (Fsp3) is 0.214. The molecule has 0 atom stereocenters. The maximum Gasteiger partial charge on any atom is 0.345 e. The van der Waals surface area contributed by atoms with Crippen LogP contribution in [0.2, 0.25) is 0 Å². The Hall–Kier alpha value is -2.43. The Morgan fingerprint density at radius 3 is 2.79 bits per heavy atom. The Balaban J connectivity index is 2.54. The predicted molar refractivity (Wildman–Crippen MR) is 71.1 cm³/mol. The molecule has 5 heteroatoms. The van der Waals surface area contributed by atoms with Gasteiger partial charge in [-0.15, -0.1) is 0 Å². The van der Waals surface area contributed by atoms with Gasteiger partial charge in [-0.2, -0.15) is 0 Å². The molecule has 98 valence electrons. The van der Waals surface area contributed by atoms with Crippen molar-refractivity contribution in [3.05, 3.63) is 46.3 Å². The highest BCUT2D eigenvalue weighted by Gasteiger charge is 2.11. The summed E-state index contributed by atoms with van der Waals surface area (Å²) in [6.45, 7) is 3.07. The van der Waals surface area contributed by atoms with Gasteiger partial charge in [-0.1, -0.05) is 30.3 Å². The molecule has 5 nitrogen and oxygen atoms in total. The van der Waals surface area contributed by atoms with Crippen LogP contribution in [0.3, 0.4) is 0 Å². The number of benzene rings is 1. The van der Waals surface area contributed by atoms with Crippen molar-refractivity contribution >= 4 is 22.7 Å². The van der Waals surface area contributed by atoms with Crippen LogP contribution in [0.4, 0.5) is 0 Å². The third-order valence-corrected chi connectivity index (χ3v) is 2.57. The number of hydrogen-bond acceptors (Lipinski definition) is 5. The molecular formula is C14H13NO4. The molecule has 0 unspecified atom stereocenters. The molecule has 0 fully saturated rings. The van der Waals surface area contributed by atoms with E-state index in [2.05, 4.69) is 9.99 Å². The molecule has 1 heterocycles. The number of carbonyl (C=O) groups is 1. The van der Waals surface area contributed by atoms with Crippen LogP contribution in [0.15, 0.2) is 44.7 Å². The highest BCUT2D eigenvalue weighted by molar-refractivity contribution is 6.01. The van der Waals surface area contributed by atoms with Gasteiger partial charge >= 0.3 is 11.6 Å². The third-order valence-electron chi connectivity index (χ3n) is 2.57. The van der Waals surface area contributed by atoms with E-state index in [0.717, 1.165) is 5.39 Å². The Morgan fingerprint density at radius 1 is 1.37 bits per heavy atom. The second kappa shape index (κ2) is 5.48. The van der Waals surface area contributed by atoms with Gasteiger partial charge in [-0.05, 0) is 18.6 Å². The summed E-state index contributed by atoms with van der Waals surface area (Å²) in [6.07, 6.45) is 0.455. The van der Waals surface area contributed by atoms with E-state index in [9.17, 15) is 9.59 Å². The first-order valence-electron chi connectivity index (χ1n) is 5.89. The molecule has 0 amide bonds. The number of para-hydroxylation sites is 1. The molecule has 0 radical (unpaired) electrons. The normalized spacial score (nSPS) is 11.6. The molecule has 2 rings (SSSR count). The lowest BCUT2D eigenvalue weighted by Crippen LogP contribution is -2.14. The molecule has 0 aliphatic rings. The summed E-state index contributed by atoms with van der Waals surface area (Å²) in [7, 11) is 0. The van der Waals surface area contributed by atoms with Crippen molar-refractivity contribution in [1.82, 2.24) is 0 Å². The molecule has 19 heavy (non-hydrogen) atoms. The van der Waals surface area contributed by atoms with E-state index in [1.165, 1.54) is 6.92 Å². The maximum atomic E-state index is 11.9. The van der Waals surface area contributed by atoms with E-state index in [-0.39, 0.29) is 0 Å². The Bertz CT molecular complexity index is 700. The minimum Gasteiger partial charge on any atom is -0.422 e. The van der Waals surface area contributed by atoms with Crippen LogP contribution in [0.5, 0.6) is 0 Å². The highest BCUT2D eigenvalue weighted by Crippen LogP contribution is 2.14. The first kappa shape index (κ1) is 13.0. The average Bonchev–Trinajstić information content (AvgIpc) is 2.39. The fourth-order valence-corrected chi connectivity index (χ4v) is 1.69. The zero-order valence-electron chi connectivity index (χ0n) is 10.7. The molecule has 0 saturated carbocycles. The van der Waals surface area contributed by atoms with Crippen LogP contribution in [0.1, 0.15) is 25.8 Å². The van der Waals surface area contributed by atoms with Gasteiger partial charge in [0.05, 0.1) is 11.3 Å². The monoisotopic (exact) mass is 259 g/mol. The molecule has 2 aromatic rings. The van der Waals surface area contributed by atoms with Crippen LogP contribution in [-0.4, -0.2) is 11.7 Å². The Labute approximate surface area is 109 Å². The predicted octanol–water partition coefficient (Wildman–Crippen LogP) is 2.47. The molecule has 0 aliphatic heterocycles. The summed E-state index contributed by atoms with van der Waals surface area (Å²) >= 11 is 0. The largest absolute Gasteiger partial charge is 0.422 e. The van der Waals surface area contributed by atoms with Gasteiger partial charge in [0, 0.05) is 12.3 Å². The van der Waals surface area contributed by atoms with Gasteiger partial charge in [0.1, 0.15) is 5.58 Å². The molecule has 0 spiro atoms. The molecule has 0 saturated heterocycles. The maximum absolute atomic E-state index is 11.9. The van der Waals surface area contributed by atoms with Crippen molar-refractivity contribution < 1.29 is 14.0 Å². The minimum atomic E-state index is -0.531. The van der Waals surface area contributed by atoms with Crippen molar-refractivity contribution in [1.29, 1.82) is 0 Å². The van der Waals surface area contributed by atoms with Gasteiger partial charge in [0.25, 0.3) is 0 Å². The van der Waals surface area contributed by atoms with Crippen molar-refractivity contribution in [2.75, 3.05) is 0 Å². The van der Waals surface area contributed by atoms with E-state index in [1.807, 2.05) is 19.1 Å². The summed E-state index contributed by atoms with van der Waals surface area (Å²) in [4.78, 5) is 27.2. The van der Waals surface area contributed by atoms with Gasteiger partial charge in [-0.3, -0.25) is 0 Å². The standard InChI is InChI=1S/C14H13NO4/c1-3-12(15-19-9(2)16)11-8-10-6-4-5-7-13(10)18-14(11)17/h4-8H,3H2,1-2H3. The van der Waals surface area contributed by atoms with Crippen molar-refractivity contribution in [3.8, 4) is 0 Å². The topological polar surface area (TPSA) is 68.9 Å². The van der Waals surface area contributed by atoms with Gasteiger partial charge < -0.3 is 9.25 Å². The zero-order chi connectivity index (χ0) is 13.8. The Kier molecular flexibility index (Phi) is 3.75. The highest BCUT2D eigenvalue weighted by atomic mass is 16.7. The molecule has 0 bridgehead atoms. The van der Waals surface area contributed by atoms with Crippen LogP contribution < -0.4 is 5.63 Å². The minimum absolute atomic E-state index is 0.308. The van der Waals surface area contributed by atoms with Gasteiger partial charge in [-0.25, -0.2) is 9.59 Å². The van der Waals surface area contributed by atoms with Gasteiger partial charge in [0.15, 0.2) is 0 Å². The van der Waals surface area contributed by atoms with Crippen LogP contribution in [0, 0.1) is 0 Å². The smallest absolute Gasteiger partial charge is 0.345 e. The van der Waals surface area contributed by atoms with Crippen LogP contribution in [0.25, 0.3) is 11.0 Å². The second-order valence-electron chi connectivity index (χ2n) is 3.96. The van der Waals surface area contributed by atoms with E-state index >= 15 is 0 Å². The zero-order valence-corrected chi connectivity index (χ0v) is 10.7. The van der Waals surface area contributed by atoms with Gasteiger partial charge in [0.2, 0.25) is 0 Å². The summed E-state index contributed by atoms with van der Waals surface area (Å²) in [5.74, 6) is -0.531. The average molecular weight is 259 g/mol. The molecular weight excluding hydrogens is 246 g/mol. The summed E-state index contributed by atoms with van der Waals surface area (Å²) in [5, 5.41) is 4.48. The lowest BCUT2D eigenvalue weighted by molar-refractivity contribution is -0.140. The van der Waals surface area contributed by atoms with E-state index in [4.69, 9.17) is 4.42 Å². The lowest BCUT2D eigenvalue weighted by atomic mass is 10.1. The van der Waals surface area contributed by atoms with E-state index < -0.39 is 11.6 Å². The third kappa shape index (κ3) is 2.88. The first-order valence-corrected chi connectivity index (χ1v) is 5.89. The summed E-state index contributed by atoms with van der Waals surface area (Å²) in [5.41, 5.74) is 0.711. The van der Waals surface area contributed by atoms with Crippen molar-refractivity contribution in [2.45, 2.75) is 20.3 Å². The number of carbonyl (C=O) groups excluding carboxylic acids is 1. The number of oxime groups is 1. The quantitative estimate of drug-likeness (QED) is 0.367. The van der Waals surface area contributed by atoms with Crippen LogP contribution >= 0.6 is 0 Å². The number of fused-ring (bicyclic) bond motifs is 1. The second-order valence-corrected chi connectivity index (χ2v) is 3.96. The summed E-state index contributed by atoms with van der Waals surface area (Å²) < 4.78 is 5.21. The molecule has 1 aromatic carbocycles. The molecule has 0 N–H and O–H groups in total. The van der Waals surface area contributed by atoms with E-state index in [1.54, 1.807) is 18.2 Å². The number of rotatable bonds is 3.